The van der Waals surface area contributed by atoms with Crippen LogP contribution < -0.4 is 0 Å². The van der Waals surface area contributed by atoms with Gasteiger partial charge in [0.2, 0.25) is 5.91 Å². The van der Waals surface area contributed by atoms with Gasteiger partial charge in [0.05, 0.1) is 6.04 Å². The summed E-state index contributed by atoms with van der Waals surface area (Å²) in [6.07, 6.45) is 3.09. The van der Waals surface area contributed by atoms with Crippen molar-refractivity contribution in [3.05, 3.63) is 65.2 Å². The summed E-state index contributed by atoms with van der Waals surface area (Å²) < 4.78 is 0. The second kappa shape index (κ2) is 7.73. The molecule has 4 rings (SSSR count). The van der Waals surface area contributed by atoms with Crippen LogP contribution in [0.3, 0.4) is 0 Å². The Morgan fingerprint density at radius 1 is 0.926 bits per heavy atom. The highest BCUT2D eigenvalue weighted by Crippen LogP contribution is 2.31. The molecule has 27 heavy (non-hydrogen) atoms. The van der Waals surface area contributed by atoms with Crippen molar-refractivity contribution in [1.29, 1.82) is 0 Å². The van der Waals surface area contributed by atoms with E-state index in [-0.39, 0.29) is 6.04 Å². The second-order valence-electron chi connectivity index (χ2n) is 7.95. The third-order valence-electron chi connectivity index (χ3n) is 6.10. The van der Waals surface area contributed by atoms with E-state index in [1.807, 2.05) is 17.0 Å². The molecule has 0 bridgehead atoms. The summed E-state index contributed by atoms with van der Waals surface area (Å²) in [6, 6.07) is 16.1. The Kier molecular flexibility index (Phi) is 5.17. The van der Waals surface area contributed by atoms with Crippen LogP contribution in [0.5, 0.6) is 5.75 Å². The van der Waals surface area contributed by atoms with Gasteiger partial charge in [-0.3, -0.25) is 9.69 Å². The topological polar surface area (TPSA) is 43.8 Å². The largest absolute Gasteiger partial charge is 0.508 e. The molecule has 4 nitrogen and oxygen atoms in total. The molecular weight excluding hydrogens is 336 g/mol. The number of aromatic hydroxyl groups is 1. The summed E-state index contributed by atoms with van der Waals surface area (Å²) in [5, 5.41) is 9.46. The lowest BCUT2D eigenvalue weighted by molar-refractivity contribution is -0.133. The number of aryl methyl sites for hydroxylation is 1. The van der Waals surface area contributed by atoms with E-state index < -0.39 is 0 Å². The number of piperidine rings is 1. The van der Waals surface area contributed by atoms with Gasteiger partial charge in [-0.2, -0.15) is 0 Å². The van der Waals surface area contributed by atoms with Gasteiger partial charge in [-0.25, -0.2) is 0 Å². The molecule has 2 heterocycles. The predicted molar refractivity (Wildman–Crippen MR) is 107 cm³/mol. The Bertz CT molecular complexity index is 777. The maximum atomic E-state index is 12.9. The smallest absolute Gasteiger partial charge is 0.240 e. The summed E-state index contributed by atoms with van der Waals surface area (Å²) in [6.45, 7) is 5.61. The first-order chi connectivity index (χ1) is 13.1. The van der Waals surface area contributed by atoms with Gasteiger partial charge in [-0.1, -0.05) is 42.0 Å². The molecule has 2 aliphatic heterocycles. The van der Waals surface area contributed by atoms with Crippen molar-refractivity contribution in [3.8, 4) is 5.75 Å². The molecule has 2 saturated heterocycles. The zero-order valence-corrected chi connectivity index (χ0v) is 16.0. The van der Waals surface area contributed by atoms with Crippen molar-refractivity contribution in [3.63, 3.8) is 0 Å². The van der Waals surface area contributed by atoms with Crippen LogP contribution in [0.25, 0.3) is 0 Å². The van der Waals surface area contributed by atoms with Gasteiger partial charge < -0.3 is 10.0 Å². The Hall–Kier alpha value is -2.33. The van der Waals surface area contributed by atoms with Crippen molar-refractivity contribution in [2.24, 2.45) is 0 Å². The van der Waals surface area contributed by atoms with E-state index in [0.29, 0.717) is 17.6 Å². The molecular formula is C23H28N2O2. The zero-order chi connectivity index (χ0) is 18.8. The summed E-state index contributed by atoms with van der Waals surface area (Å²) in [5.41, 5.74) is 3.76. The molecule has 2 fully saturated rings. The lowest BCUT2D eigenvalue weighted by Gasteiger charge is -2.35. The van der Waals surface area contributed by atoms with E-state index in [1.165, 1.54) is 16.7 Å². The molecule has 0 unspecified atom stereocenters. The van der Waals surface area contributed by atoms with Gasteiger partial charge in [0, 0.05) is 13.1 Å². The van der Waals surface area contributed by atoms with E-state index >= 15 is 0 Å². The monoisotopic (exact) mass is 364 g/mol. The first-order valence-electron chi connectivity index (χ1n) is 9.97. The van der Waals surface area contributed by atoms with Gasteiger partial charge in [0.1, 0.15) is 5.75 Å². The van der Waals surface area contributed by atoms with Crippen molar-refractivity contribution < 1.29 is 9.90 Å². The van der Waals surface area contributed by atoms with E-state index in [1.54, 1.807) is 12.1 Å². The Morgan fingerprint density at radius 2 is 1.59 bits per heavy atom. The number of carbonyl (C=O) groups excluding carboxylic acids is 1. The fourth-order valence-electron chi connectivity index (χ4n) is 4.42. The summed E-state index contributed by atoms with van der Waals surface area (Å²) >= 11 is 0. The first-order valence-corrected chi connectivity index (χ1v) is 9.97. The predicted octanol–water partition coefficient (Wildman–Crippen LogP) is 3.68. The number of nitrogens with zero attached hydrogens (tertiary/aromatic N) is 2. The molecule has 0 radical (unpaired) electrons. The van der Waals surface area contributed by atoms with Crippen LogP contribution >= 0.6 is 0 Å². The SMILES string of the molecule is Cc1ccc(CN2CC[C@@H](N3CCC(c4ccc(O)cc4)CC3)C2=O)cc1. The highest BCUT2D eigenvalue weighted by Gasteiger charge is 2.37. The quantitative estimate of drug-likeness (QED) is 0.900. The van der Waals surface area contributed by atoms with Gasteiger partial charge in [-0.15, -0.1) is 0 Å². The van der Waals surface area contributed by atoms with Crippen LogP contribution in [0.2, 0.25) is 0 Å². The van der Waals surface area contributed by atoms with E-state index in [4.69, 9.17) is 0 Å². The zero-order valence-electron chi connectivity index (χ0n) is 16.0. The average molecular weight is 364 g/mol. The molecule has 0 spiro atoms. The van der Waals surface area contributed by atoms with Crippen LogP contribution in [0.1, 0.15) is 41.9 Å². The van der Waals surface area contributed by atoms with Gasteiger partial charge in [0.25, 0.3) is 0 Å². The standard InChI is InChI=1S/C23H28N2O2/c1-17-2-4-18(5-3-17)16-25-15-12-22(23(25)27)24-13-10-20(11-14-24)19-6-8-21(26)9-7-19/h2-9,20,22,26H,10-16H2,1H3/t22-/m1/s1. The van der Waals surface area contributed by atoms with Crippen molar-refractivity contribution in [2.45, 2.75) is 44.7 Å². The summed E-state index contributed by atoms with van der Waals surface area (Å²) in [7, 11) is 0. The summed E-state index contributed by atoms with van der Waals surface area (Å²) in [5.74, 6) is 1.14. The number of amides is 1. The molecule has 2 aromatic rings. The van der Waals surface area contributed by atoms with Gasteiger partial charge in [0.15, 0.2) is 0 Å². The van der Waals surface area contributed by atoms with Crippen LogP contribution in [0.15, 0.2) is 48.5 Å². The fraction of sp³-hybridized carbons (Fsp3) is 0.435. The van der Waals surface area contributed by atoms with E-state index in [0.717, 1.165) is 45.4 Å². The van der Waals surface area contributed by atoms with Crippen molar-refractivity contribution >= 4 is 5.91 Å². The highest BCUT2D eigenvalue weighted by molar-refractivity contribution is 5.84. The molecule has 1 N–H and O–H groups in total. The number of likely N-dealkylation sites (tertiary alicyclic amines) is 2. The highest BCUT2D eigenvalue weighted by atomic mass is 16.3. The maximum absolute atomic E-state index is 12.9. The van der Waals surface area contributed by atoms with Crippen molar-refractivity contribution in [2.75, 3.05) is 19.6 Å². The van der Waals surface area contributed by atoms with E-state index in [2.05, 4.69) is 36.1 Å². The van der Waals surface area contributed by atoms with Crippen LogP contribution in [-0.2, 0) is 11.3 Å². The minimum Gasteiger partial charge on any atom is -0.508 e. The number of benzene rings is 2. The number of phenols is 1. The normalized spacial score (nSPS) is 21.7. The maximum Gasteiger partial charge on any atom is 0.240 e. The fourth-order valence-corrected chi connectivity index (χ4v) is 4.42. The van der Waals surface area contributed by atoms with Gasteiger partial charge >= 0.3 is 0 Å². The van der Waals surface area contributed by atoms with Crippen molar-refractivity contribution in [1.82, 2.24) is 9.80 Å². The average Bonchev–Trinajstić information content (AvgIpc) is 3.05. The van der Waals surface area contributed by atoms with Crippen LogP contribution in [0, 0.1) is 6.92 Å². The number of rotatable bonds is 4. The molecule has 2 aliphatic rings. The summed E-state index contributed by atoms with van der Waals surface area (Å²) in [4.78, 5) is 17.3. The molecule has 1 amide bonds. The number of phenolic OH excluding ortho intramolecular Hbond substituents is 1. The number of hydrogen-bond donors (Lipinski definition) is 1. The minimum atomic E-state index is 0.0521. The van der Waals surface area contributed by atoms with Crippen LogP contribution in [-0.4, -0.2) is 46.5 Å². The number of hydrogen-bond acceptors (Lipinski definition) is 3. The molecule has 0 aromatic heterocycles. The third-order valence-corrected chi connectivity index (χ3v) is 6.10. The Morgan fingerprint density at radius 3 is 2.26 bits per heavy atom. The van der Waals surface area contributed by atoms with Crippen LogP contribution in [0.4, 0.5) is 0 Å². The molecule has 2 aromatic carbocycles. The molecule has 142 valence electrons. The number of carbonyl (C=O) groups is 1. The Labute approximate surface area is 161 Å². The molecule has 4 heteroatoms. The Balaban J connectivity index is 1.33. The second-order valence-corrected chi connectivity index (χ2v) is 7.95. The van der Waals surface area contributed by atoms with E-state index in [9.17, 15) is 9.90 Å². The van der Waals surface area contributed by atoms with Gasteiger partial charge in [-0.05, 0) is 68.5 Å². The molecule has 0 aliphatic carbocycles. The molecule has 1 atom stereocenters. The molecule has 0 saturated carbocycles. The minimum absolute atomic E-state index is 0.0521. The lowest BCUT2D eigenvalue weighted by Crippen LogP contribution is -2.45. The lowest BCUT2D eigenvalue weighted by atomic mass is 9.89. The first kappa shape index (κ1) is 18.1. The third kappa shape index (κ3) is 4.01.